The van der Waals surface area contributed by atoms with Gasteiger partial charge in [-0.3, -0.25) is 0 Å². The van der Waals surface area contributed by atoms with Crippen LogP contribution in [0, 0.1) is 0 Å². The maximum absolute atomic E-state index is 12.7. The normalized spacial score (nSPS) is 12.7. The van der Waals surface area contributed by atoms with Crippen LogP contribution in [0.25, 0.3) is 0 Å². The molecule has 6 heteroatoms. The molecule has 0 spiro atoms. The van der Waals surface area contributed by atoms with Crippen molar-refractivity contribution in [2.45, 2.75) is 39.0 Å². The number of carbonyl (C=O) groups excluding carboxylic acids is 1. The van der Waals surface area contributed by atoms with Crippen LogP contribution in [-0.2, 0) is 24.0 Å². The second-order valence-electron chi connectivity index (χ2n) is 7.53. The van der Waals surface area contributed by atoms with Crippen LogP contribution in [-0.4, -0.2) is 17.7 Å². The van der Waals surface area contributed by atoms with Crippen LogP contribution >= 0.6 is 23.6 Å². The van der Waals surface area contributed by atoms with Gasteiger partial charge < -0.3 is 15.4 Å². The molecule has 0 amide bonds. The molecular formula is C25H26N2O2S2. The first kappa shape index (κ1) is 21.5. The molecule has 0 unspecified atom stereocenters. The molecule has 0 saturated heterocycles. The molecule has 4 nitrogen and oxygen atoms in total. The van der Waals surface area contributed by atoms with Gasteiger partial charge in [0, 0.05) is 10.6 Å². The summed E-state index contributed by atoms with van der Waals surface area (Å²) in [6.45, 7) is 2.19. The number of nitrogens with one attached hydrogen (secondary N) is 2. The summed E-state index contributed by atoms with van der Waals surface area (Å²) < 4.78 is 5.34. The van der Waals surface area contributed by atoms with Crippen LogP contribution in [0.1, 0.15) is 51.7 Å². The van der Waals surface area contributed by atoms with Gasteiger partial charge in [0.1, 0.15) is 5.00 Å². The standard InChI is InChI=1S/C25H26N2O2S2/c1-2-29-24(28)22-19-13-7-9-15-21(19)31-23(22)27-25(30)26-20-14-8-6-12-18(20)16-17-10-4-3-5-11-17/h3-6,8,10-12,14H,2,7,9,13,15-16H2,1H3,(H2,26,27,30). The van der Waals surface area contributed by atoms with Crippen LogP contribution in [0.4, 0.5) is 10.7 Å². The predicted octanol–water partition coefficient (Wildman–Crippen LogP) is 6.20. The number of rotatable bonds is 6. The molecule has 1 heterocycles. The van der Waals surface area contributed by atoms with Crippen molar-refractivity contribution in [3.63, 3.8) is 0 Å². The molecule has 2 N–H and O–H groups in total. The molecule has 1 aliphatic carbocycles. The maximum Gasteiger partial charge on any atom is 0.341 e. The van der Waals surface area contributed by atoms with Gasteiger partial charge in [-0.1, -0.05) is 48.5 Å². The summed E-state index contributed by atoms with van der Waals surface area (Å²) in [6, 6.07) is 18.5. The second-order valence-corrected chi connectivity index (χ2v) is 9.05. The summed E-state index contributed by atoms with van der Waals surface area (Å²) >= 11 is 7.25. The fourth-order valence-electron chi connectivity index (χ4n) is 3.94. The van der Waals surface area contributed by atoms with Gasteiger partial charge in [-0.05, 0) is 74.0 Å². The molecule has 0 fully saturated rings. The molecule has 1 aromatic heterocycles. The number of fused-ring (bicyclic) bond motifs is 1. The number of para-hydroxylation sites is 1. The minimum Gasteiger partial charge on any atom is -0.462 e. The molecule has 0 bridgehead atoms. The van der Waals surface area contributed by atoms with Gasteiger partial charge in [-0.2, -0.15) is 0 Å². The Kier molecular flexibility index (Phi) is 6.99. The van der Waals surface area contributed by atoms with Crippen LogP contribution < -0.4 is 10.6 Å². The van der Waals surface area contributed by atoms with E-state index in [0.717, 1.165) is 53.9 Å². The Balaban J connectivity index is 1.54. The number of thiophene rings is 1. The summed E-state index contributed by atoms with van der Waals surface area (Å²) in [5, 5.41) is 7.87. The Bertz CT molecular complexity index is 1080. The molecule has 2 aromatic carbocycles. The van der Waals surface area contributed by atoms with E-state index in [4.69, 9.17) is 17.0 Å². The third kappa shape index (κ3) is 5.14. The lowest BCUT2D eigenvalue weighted by molar-refractivity contribution is 0.0526. The van der Waals surface area contributed by atoms with E-state index in [9.17, 15) is 4.79 Å². The van der Waals surface area contributed by atoms with E-state index in [1.807, 2.05) is 43.3 Å². The van der Waals surface area contributed by atoms with E-state index in [-0.39, 0.29) is 5.97 Å². The van der Waals surface area contributed by atoms with Gasteiger partial charge in [-0.15, -0.1) is 11.3 Å². The highest BCUT2D eigenvalue weighted by atomic mass is 32.1. The highest BCUT2D eigenvalue weighted by molar-refractivity contribution is 7.80. The Morgan fingerprint density at radius 1 is 1.03 bits per heavy atom. The first-order valence-corrected chi connectivity index (χ1v) is 11.9. The number of hydrogen-bond donors (Lipinski definition) is 2. The zero-order valence-corrected chi connectivity index (χ0v) is 19.2. The number of benzene rings is 2. The van der Waals surface area contributed by atoms with Crippen LogP contribution in [0.3, 0.4) is 0 Å². The number of aryl methyl sites for hydroxylation is 1. The van der Waals surface area contributed by atoms with Gasteiger partial charge in [0.2, 0.25) is 0 Å². The Hall–Kier alpha value is -2.70. The number of hydrogen-bond acceptors (Lipinski definition) is 4. The topological polar surface area (TPSA) is 50.4 Å². The van der Waals surface area contributed by atoms with Crippen LogP contribution in [0.5, 0.6) is 0 Å². The summed E-state index contributed by atoms with van der Waals surface area (Å²) in [5.74, 6) is -0.267. The number of carbonyl (C=O) groups is 1. The smallest absolute Gasteiger partial charge is 0.341 e. The highest BCUT2D eigenvalue weighted by Gasteiger charge is 2.26. The van der Waals surface area contributed by atoms with Gasteiger partial charge in [-0.25, -0.2) is 4.79 Å². The monoisotopic (exact) mass is 450 g/mol. The quantitative estimate of drug-likeness (QED) is 0.346. The van der Waals surface area contributed by atoms with E-state index >= 15 is 0 Å². The number of esters is 1. The highest BCUT2D eigenvalue weighted by Crippen LogP contribution is 2.38. The van der Waals surface area contributed by atoms with E-state index in [0.29, 0.717) is 17.3 Å². The zero-order valence-electron chi connectivity index (χ0n) is 17.6. The fourth-order valence-corrected chi connectivity index (χ4v) is 5.50. The van der Waals surface area contributed by atoms with Crippen molar-refractivity contribution in [3.05, 3.63) is 81.7 Å². The van der Waals surface area contributed by atoms with E-state index < -0.39 is 0 Å². The van der Waals surface area contributed by atoms with E-state index in [1.165, 1.54) is 10.4 Å². The van der Waals surface area contributed by atoms with Crippen molar-refractivity contribution in [1.82, 2.24) is 0 Å². The average Bonchev–Trinajstić information content (AvgIpc) is 3.13. The van der Waals surface area contributed by atoms with Gasteiger partial charge in [0.05, 0.1) is 12.2 Å². The molecule has 0 aliphatic heterocycles. The van der Waals surface area contributed by atoms with Crippen molar-refractivity contribution >= 4 is 45.3 Å². The van der Waals surface area contributed by atoms with Crippen molar-refractivity contribution in [1.29, 1.82) is 0 Å². The van der Waals surface area contributed by atoms with E-state index in [2.05, 4.69) is 28.8 Å². The van der Waals surface area contributed by atoms with Crippen LogP contribution in [0.2, 0.25) is 0 Å². The predicted molar refractivity (Wildman–Crippen MR) is 132 cm³/mol. The second kappa shape index (κ2) is 10.1. The third-order valence-corrected chi connectivity index (χ3v) is 6.79. The lowest BCUT2D eigenvalue weighted by Crippen LogP contribution is -2.21. The third-order valence-electron chi connectivity index (χ3n) is 5.38. The molecule has 3 aromatic rings. The minimum atomic E-state index is -0.267. The molecule has 0 radical (unpaired) electrons. The first-order chi connectivity index (χ1) is 15.2. The first-order valence-electron chi connectivity index (χ1n) is 10.7. The van der Waals surface area contributed by atoms with Crippen molar-refractivity contribution < 1.29 is 9.53 Å². The summed E-state index contributed by atoms with van der Waals surface area (Å²) in [7, 11) is 0. The molecular weight excluding hydrogens is 424 g/mol. The lowest BCUT2D eigenvalue weighted by Gasteiger charge is -2.15. The van der Waals surface area contributed by atoms with Gasteiger partial charge in [0.15, 0.2) is 5.11 Å². The molecule has 160 valence electrons. The largest absolute Gasteiger partial charge is 0.462 e. The Labute approximate surface area is 192 Å². The van der Waals surface area contributed by atoms with Gasteiger partial charge in [0.25, 0.3) is 0 Å². The maximum atomic E-state index is 12.7. The van der Waals surface area contributed by atoms with Crippen molar-refractivity contribution in [2.75, 3.05) is 17.2 Å². The summed E-state index contributed by atoms with van der Waals surface area (Å²) in [6.07, 6.45) is 5.00. The van der Waals surface area contributed by atoms with Crippen molar-refractivity contribution in [2.24, 2.45) is 0 Å². The number of anilines is 2. The molecule has 4 rings (SSSR count). The summed E-state index contributed by atoms with van der Waals surface area (Å²) in [4.78, 5) is 13.9. The SMILES string of the molecule is CCOC(=O)c1c(NC(=S)Nc2ccccc2Cc2ccccc2)sc2c1CCCC2. The molecule has 0 saturated carbocycles. The van der Waals surface area contributed by atoms with E-state index in [1.54, 1.807) is 11.3 Å². The Morgan fingerprint density at radius 2 is 1.77 bits per heavy atom. The average molecular weight is 451 g/mol. The lowest BCUT2D eigenvalue weighted by atomic mass is 9.95. The van der Waals surface area contributed by atoms with Crippen LogP contribution in [0.15, 0.2) is 54.6 Å². The fraction of sp³-hybridized carbons (Fsp3) is 0.280. The summed E-state index contributed by atoms with van der Waals surface area (Å²) in [5.41, 5.74) is 5.15. The molecule has 0 atom stereocenters. The minimum absolute atomic E-state index is 0.267. The zero-order chi connectivity index (χ0) is 21.6. The number of ether oxygens (including phenoxy) is 1. The van der Waals surface area contributed by atoms with Crippen molar-refractivity contribution in [3.8, 4) is 0 Å². The van der Waals surface area contributed by atoms with Gasteiger partial charge >= 0.3 is 5.97 Å². The molecule has 1 aliphatic rings. The molecule has 31 heavy (non-hydrogen) atoms. The Morgan fingerprint density at radius 3 is 2.58 bits per heavy atom. The number of thiocarbonyl (C=S) groups is 1.